The third-order valence-corrected chi connectivity index (χ3v) is 3.69. The van der Waals surface area contributed by atoms with Gasteiger partial charge in [-0.2, -0.15) is 0 Å². The van der Waals surface area contributed by atoms with Gasteiger partial charge in [-0.1, -0.05) is 38.5 Å². The summed E-state index contributed by atoms with van der Waals surface area (Å²) in [6.07, 6.45) is 2.98. The molecule has 0 saturated heterocycles. The molecule has 0 heterocycles. The van der Waals surface area contributed by atoms with Crippen molar-refractivity contribution in [2.75, 3.05) is 20.3 Å². The second-order valence-electron chi connectivity index (χ2n) is 4.90. The van der Waals surface area contributed by atoms with Crippen LogP contribution < -0.4 is 10.1 Å². The standard InChI is InChI=1S/C16H27NO2/c1-4-13(10-11-18)12-17-15(5-2)14-8-6-7-9-16(14)19-3/h6-9,13,15,17-18H,4-5,10-12H2,1-3H3. The van der Waals surface area contributed by atoms with Crippen LogP contribution in [-0.4, -0.2) is 25.4 Å². The minimum absolute atomic E-state index is 0.269. The van der Waals surface area contributed by atoms with Crippen molar-refractivity contribution in [2.24, 2.45) is 5.92 Å². The summed E-state index contributed by atoms with van der Waals surface area (Å²) < 4.78 is 5.43. The smallest absolute Gasteiger partial charge is 0.123 e. The number of hydrogen-bond acceptors (Lipinski definition) is 3. The molecule has 2 N–H and O–H groups in total. The maximum atomic E-state index is 9.04. The zero-order chi connectivity index (χ0) is 14.1. The molecule has 0 aliphatic rings. The molecule has 0 aliphatic carbocycles. The van der Waals surface area contributed by atoms with Gasteiger partial charge in [0.15, 0.2) is 0 Å². The molecule has 0 radical (unpaired) electrons. The van der Waals surface area contributed by atoms with Crippen LogP contribution in [0.3, 0.4) is 0 Å². The van der Waals surface area contributed by atoms with Crippen molar-refractivity contribution in [3.63, 3.8) is 0 Å². The van der Waals surface area contributed by atoms with Crippen molar-refractivity contribution in [3.05, 3.63) is 29.8 Å². The number of rotatable bonds is 9. The van der Waals surface area contributed by atoms with Gasteiger partial charge in [-0.15, -0.1) is 0 Å². The van der Waals surface area contributed by atoms with E-state index in [0.717, 1.165) is 31.6 Å². The van der Waals surface area contributed by atoms with Gasteiger partial charge in [0.25, 0.3) is 0 Å². The number of aliphatic hydroxyl groups is 1. The molecule has 1 aromatic rings. The minimum Gasteiger partial charge on any atom is -0.496 e. The van der Waals surface area contributed by atoms with Crippen LogP contribution in [0.4, 0.5) is 0 Å². The van der Waals surface area contributed by atoms with Crippen LogP contribution in [0, 0.1) is 5.92 Å². The second-order valence-corrected chi connectivity index (χ2v) is 4.90. The molecule has 3 heteroatoms. The fraction of sp³-hybridized carbons (Fsp3) is 0.625. The molecule has 3 nitrogen and oxygen atoms in total. The van der Waals surface area contributed by atoms with E-state index >= 15 is 0 Å². The Morgan fingerprint density at radius 1 is 1.21 bits per heavy atom. The van der Waals surface area contributed by atoms with Crippen LogP contribution in [0.2, 0.25) is 0 Å². The summed E-state index contributed by atoms with van der Waals surface area (Å²) in [5.74, 6) is 1.48. The molecular formula is C16H27NO2. The largest absolute Gasteiger partial charge is 0.496 e. The highest BCUT2D eigenvalue weighted by molar-refractivity contribution is 5.35. The lowest BCUT2D eigenvalue weighted by Crippen LogP contribution is -2.27. The molecule has 0 aromatic heterocycles. The van der Waals surface area contributed by atoms with Crippen molar-refractivity contribution in [1.29, 1.82) is 0 Å². The van der Waals surface area contributed by atoms with Gasteiger partial charge >= 0.3 is 0 Å². The molecule has 0 fully saturated rings. The lowest BCUT2D eigenvalue weighted by atomic mass is 9.99. The summed E-state index contributed by atoms with van der Waals surface area (Å²) in [5, 5.41) is 12.6. The highest BCUT2D eigenvalue weighted by Crippen LogP contribution is 2.27. The van der Waals surface area contributed by atoms with E-state index in [0.29, 0.717) is 12.0 Å². The Hall–Kier alpha value is -1.06. The first-order chi connectivity index (χ1) is 9.26. The number of methoxy groups -OCH3 is 1. The van der Waals surface area contributed by atoms with Gasteiger partial charge in [0, 0.05) is 18.2 Å². The summed E-state index contributed by atoms with van der Waals surface area (Å²) >= 11 is 0. The molecule has 0 aliphatic heterocycles. The lowest BCUT2D eigenvalue weighted by Gasteiger charge is -2.23. The van der Waals surface area contributed by atoms with Crippen LogP contribution in [-0.2, 0) is 0 Å². The van der Waals surface area contributed by atoms with E-state index in [9.17, 15) is 0 Å². The van der Waals surface area contributed by atoms with Crippen LogP contribution in [0.5, 0.6) is 5.75 Å². The fourth-order valence-electron chi connectivity index (χ4n) is 2.37. The molecule has 2 unspecified atom stereocenters. The number of aliphatic hydroxyl groups excluding tert-OH is 1. The highest BCUT2D eigenvalue weighted by Gasteiger charge is 2.15. The van der Waals surface area contributed by atoms with Crippen LogP contribution in [0.1, 0.15) is 44.7 Å². The molecule has 0 bridgehead atoms. The maximum absolute atomic E-state index is 9.04. The maximum Gasteiger partial charge on any atom is 0.123 e. The Morgan fingerprint density at radius 3 is 2.53 bits per heavy atom. The van der Waals surface area contributed by atoms with Gasteiger partial charge in [0.1, 0.15) is 5.75 Å². The van der Waals surface area contributed by atoms with Gasteiger partial charge in [0.2, 0.25) is 0 Å². The SMILES string of the molecule is CCC(CCO)CNC(CC)c1ccccc1OC. The predicted octanol–water partition coefficient (Wildman–Crippen LogP) is 3.14. The summed E-state index contributed by atoms with van der Waals surface area (Å²) in [6, 6.07) is 8.48. The van der Waals surface area contributed by atoms with Crippen LogP contribution in [0.25, 0.3) is 0 Å². The lowest BCUT2D eigenvalue weighted by molar-refractivity contribution is 0.248. The fourth-order valence-corrected chi connectivity index (χ4v) is 2.37. The Bertz CT molecular complexity index is 354. The molecule has 0 spiro atoms. The Labute approximate surface area is 117 Å². The van der Waals surface area contributed by atoms with Gasteiger partial charge < -0.3 is 15.2 Å². The van der Waals surface area contributed by atoms with E-state index in [2.05, 4.69) is 25.2 Å². The van der Waals surface area contributed by atoms with Gasteiger partial charge in [-0.3, -0.25) is 0 Å². The first-order valence-electron chi connectivity index (χ1n) is 7.23. The molecule has 0 saturated carbocycles. The quantitative estimate of drug-likeness (QED) is 0.720. The van der Waals surface area contributed by atoms with Gasteiger partial charge in [-0.05, 0) is 31.4 Å². The topological polar surface area (TPSA) is 41.5 Å². The normalized spacial score (nSPS) is 14.1. The molecule has 1 aromatic carbocycles. The molecular weight excluding hydrogens is 238 g/mol. The monoisotopic (exact) mass is 265 g/mol. The predicted molar refractivity (Wildman–Crippen MR) is 79.5 cm³/mol. The number of para-hydroxylation sites is 1. The van der Waals surface area contributed by atoms with E-state index in [1.807, 2.05) is 18.2 Å². The summed E-state index contributed by atoms with van der Waals surface area (Å²) in [4.78, 5) is 0. The zero-order valence-electron chi connectivity index (χ0n) is 12.4. The van der Waals surface area contributed by atoms with E-state index in [-0.39, 0.29) is 6.61 Å². The summed E-state index contributed by atoms with van der Waals surface area (Å²) in [5.41, 5.74) is 1.21. The molecule has 2 atom stereocenters. The first kappa shape index (κ1) is 16.0. The van der Waals surface area contributed by atoms with E-state index in [1.54, 1.807) is 7.11 Å². The third-order valence-electron chi connectivity index (χ3n) is 3.69. The Kier molecular flexibility index (Phi) is 7.53. The molecule has 19 heavy (non-hydrogen) atoms. The van der Waals surface area contributed by atoms with E-state index in [4.69, 9.17) is 9.84 Å². The third kappa shape index (κ3) is 4.84. The molecule has 0 amide bonds. The Balaban J connectivity index is 2.67. The Morgan fingerprint density at radius 2 is 1.95 bits per heavy atom. The van der Waals surface area contributed by atoms with E-state index < -0.39 is 0 Å². The first-order valence-corrected chi connectivity index (χ1v) is 7.23. The molecule has 1 rings (SSSR count). The molecule has 108 valence electrons. The summed E-state index contributed by atoms with van der Waals surface area (Å²) in [6.45, 7) is 5.56. The number of benzene rings is 1. The van der Waals surface area contributed by atoms with Gasteiger partial charge in [-0.25, -0.2) is 0 Å². The number of nitrogens with one attached hydrogen (secondary N) is 1. The van der Waals surface area contributed by atoms with Crippen LogP contribution >= 0.6 is 0 Å². The number of hydrogen-bond donors (Lipinski definition) is 2. The van der Waals surface area contributed by atoms with Crippen molar-refractivity contribution in [2.45, 2.75) is 39.2 Å². The van der Waals surface area contributed by atoms with Crippen molar-refractivity contribution < 1.29 is 9.84 Å². The van der Waals surface area contributed by atoms with Crippen molar-refractivity contribution in [3.8, 4) is 5.75 Å². The highest BCUT2D eigenvalue weighted by atomic mass is 16.5. The van der Waals surface area contributed by atoms with Gasteiger partial charge in [0.05, 0.1) is 7.11 Å². The minimum atomic E-state index is 0.269. The zero-order valence-corrected chi connectivity index (χ0v) is 12.4. The summed E-state index contributed by atoms with van der Waals surface area (Å²) in [7, 11) is 1.71. The average Bonchev–Trinajstić information content (AvgIpc) is 2.47. The average molecular weight is 265 g/mol. The van der Waals surface area contributed by atoms with Crippen molar-refractivity contribution >= 4 is 0 Å². The van der Waals surface area contributed by atoms with Crippen LogP contribution in [0.15, 0.2) is 24.3 Å². The van der Waals surface area contributed by atoms with E-state index in [1.165, 1.54) is 5.56 Å². The van der Waals surface area contributed by atoms with Crippen molar-refractivity contribution in [1.82, 2.24) is 5.32 Å². The second kappa shape index (κ2) is 8.94. The number of ether oxygens (including phenoxy) is 1.